The van der Waals surface area contributed by atoms with E-state index in [1.54, 1.807) is 11.8 Å². The van der Waals surface area contributed by atoms with Crippen molar-refractivity contribution in [2.24, 2.45) is 5.73 Å². The van der Waals surface area contributed by atoms with Gasteiger partial charge in [0.2, 0.25) is 0 Å². The Labute approximate surface area is 88.8 Å². The number of ether oxygens (including phenoxy) is 1. The Morgan fingerprint density at radius 3 is 2.86 bits per heavy atom. The van der Waals surface area contributed by atoms with Gasteiger partial charge in [0.05, 0.1) is 13.2 Å². The average molecular weight is 212 g/mol. The fourth-order valence-corrected chi connectivity index (χ4v) is 1.84. The summed E-state index contributed by atoms with van der Waals surface area (Å²) in [6.45, 7) is 1.96. The second kappa shape index (κ2) is 6.70. The number of nitrogens with two attached hydrogens (primary N) is 2. The molecule has 0 aliphatic heterocycles. The van der Waals surface area contributed by atoms with Crippen LogP contribution in [0.1, 0.15) is 0 Å². The van der Waals surface area contributed by atoms with Crippen molar-refractivity contribution < 1.29 is 4.74 Å². The van der Waals surface area contributed by atoms with Crippen molar-refractivity contribution >= 4 is 17.4 Å². The Balaban J connectivity index is 2.18. The predicted molar refractivity (Wildman–Crippen MR) is 61.5 cm³/mol. The van der Waals surface area contributed by atoms with Crippen LogP contribution in [0.25, 0.3) is 0 Å². The van der Waals surface area contributed by atoms with Gasteiger partial charge in [-0.05, 0) is 18.2 Å². The topological polar surface area (TPSA) is 61.3 Å². The molecule has 0 radical (unpaired) electrons. The molecule has 0 amide bonds. The third-order valence-corrected chi connectivity index (χ3v) is 2.57. The molecule has 0 atom stereocenters. The summed E-state index contributed by atoms with van der Waals surface area (Å²) < 4.78 is 5.26. The molecule has 1 aromatic carbocycles. The lowest BCUT2D eigenvalue weighted by atomic mass is 10.3. The normalized spacial score (nSPS) is 10.4. The van der Waals surface area contributed by atoms with Gasteiger partial charge in [-0.1, -0.05) is 6.07 Å². The number of benzene rings is 1. The summed E-state index contributed by atoms with van der Waals surface area (Å²) in [7, 11) is 0. The molecule has 0 unspecified atom stereocenters. The molecular formula is C10H16N2OS. The predicted octanol–water partition coefficient (Wildman–Crippen LogP) is 1.34. The fraction of sp³-hybridized carbons (Fsp3) is 0.400. The van der Waals surface area contributed by atoms with Crippen molar-refractivity contribution in [1.82, 2.24) is 0 Å². The molecule has 0 aromatic heterocycles. The first-order valence-corrected chi connectivity index (χ1v) is 5.57. The van der Waals surface area contributed by atoms with E-state index in [2.05, 4.69) is 0 Å². The van der Waals surface area contributed by atoms with Gasteiger partial charge in [0.15, 0.2) is 0 Å². The highest BCUT2D eigenvalue weighted by Gasteiger charge is 1.94. The quantitative estimate of drug-likeness (QED) is 0.424. The van der Waals surface area contributed by atoms with Gasteiger partial charge in [-0.15, -0.1) is 11.8 Å². The molecule has 78 valence electrons. The Kier molecular flexibility index (Phi) is 5.44. The molecule has 0 aliphatic rings. The summed E-state index contributed by atoms with van der Waals surface area (Å²) in [5, 5.41) is 0. The zero-order chi connectivity index (χ0) is 10.2. The molecule has 0 saturated heterocycles. The van der Waals surface area contributed by atoms with Gasteiger partial charge in [0.1, 0.15) is 0 Å². The number of thioether (sulfide) groups is 1. The van der Waals surface area contributed by atoms with Crippen LogP contribution >= 0.6 is 11.8 Å². The number of anilines is 1. The van der Waals surface area contributed by atoms with E-state index in [4.69, 9.17) is 16.2 Å². The molecular weight excluding hydrogens is 196 g/mol. The summed E-state index contributed by atoms with van der Waals surface area (Å²) in [5.41, 5.74) is 11.7. The SMILES string of the molecule is NCCOCCSc1cccc(N)c1. The van der Waals surface area contributed by atoms with Crippen molar-refractivity contribution in [2.75, 3.05) is 31.2 Å². The van der Waals surface area contributed by atoms with Crippen molar-refractivity contribution in [3.8, 4) is 0 Å². The van der Waals surface area contributed by atoms with Crippen LogP contribution in [-0.2, 0) is 4.74 Å². The Hall–Kier alpha value is -0.710. The number of nitrogen functional groups attached to an aromatic ring is 1. The molecule has 4 heteroatoms. The largest absolute Gasteiger partial charge is 0.399 e. The van der Waals surface area contributed by atoms with Crippen molar-refractivity contribution in [3.63, 3.8) is 0 Å². The summed E-state index contributed by atoms with van der Waals surface area (Å²) in [6.07, 6.45) is 0. The van der Waals surface area contributed by atoms with E-state index in [0.29, 0.717) is 13.2 Å². The van der Waals surface area contributed by atoms with Gasteiger partial charge < -0.3 is 16.2 Å². The Morgan fingerprint density at radius 2 is 2.14 bits per heavy atom. The summed E-state index contributed by atoms with van der Waals surface area (Å²) in [4.78, 5) is 1.18. The number of hydrogen-bond donors (Lipinski definition) is 2. The molecule has 0 aliphatic carbocycles. The average Bonchev–Trinajstić information content (AvgIpc) is 2.18. The molecule has 0 spiro atoms. The molecule has 0 fully saturated rings. The highest BCUT2D eigenvalue weighted by Crippen LogP contribution is 2.19. The minimum atomic E-state index is 0.586. The maximum Gasteiger partial charge on any atom is 0.0589 e. The molecule has 1 aromatic rings. The van der Waals surface area contributed by atoms with E-state index in [1.165, 1.54) is 4.90 Å². The van der Waals surface area contributed by atoms with Crippen LogP contribution in [0.4, 0.5) is 5.69 Å². The number of rotatable bonds is 6. The third-order valence-electron chi connectivity index (χ3n) is 1.62. The monoisotopic (exact) mass is 212 g/mol. The zero-order valence-electron chi connectivity index (χ0n) is 8.11. The standard InChI is InChI=1S/C10H16N2OS/c11-4-5-13-6-7-14-10-3-1-2-9(12)8-10/h1-3,8H,4-7,11-12H2. The first-order chi connectivity index (χ1) is 6.83. The maximum absolute atomic E-state index is 5.65. The minimum absolute atomic E-state index is 0.586. The Morgan fingerprint density at radius 1 is 1.29 bits per heavy atom. The van der Waals surface area contributed by atoms with Gasteiger partial charge in [-0.25, -0.2) is 0 Å². The summed E-state index contributed by atoms with van der Waals surface area (Å²) in [6, 6.07) is 7.85. The minimum Gasteiger partial charge on any atom is -0.399 e. The van der Waals surface area contributed by atoms with E-state index >= 15 is 0 Å². The lowest BCUT2D eigenvalue weighted by Crippen LogP contribution is -2.09. The van der Waals surface area contributed by atoms with Gasteiger partial charge in [0.25, 0.3) is 0 Å². The highest BCUT2D eigenvalue weighted by atomic mass is 32.2. The molecule has 1 rings (SSSR count). The van der Waals surface area contributed by atoms with E-state index in [9.17, 15) is 0 Å². The van der Waals surface area contributed by atoms with Crippen LogP contribution in [0.5, 0.6) is 0 Å². The Bertz CT molecular complexity index is 268. The molecule has 0 saturated carbocycles. The van der Waals surface area contributed by atoms with E-state index in [0.717, 1.165) is 18.0 Å². The van der Waals surface area contributed by atoms with Crippen molar-refractivity contribution in [3.05, 3.63) is 24.3 Å². The fourth-order valence-electron chi connectivity index (χ4n) is 1.01. The molecule has 14 heavy (non-hydrogen) atoms. The van der Waals surface area contributed by atoms with Crippen LogP contribution in [0.2, 0.25) is 0 Å². The maximum atomic E-state index is 5.65. The molecule has 0 bridgehead atoms. The molecule has 0 heterocycles. The lowest BCUT2D eigenvalue weighted by molar-refractivity contribution is 0.158. The smallest absolute Gasteiger partial charge is 0.0589 e. The van der Waals surface area contributed by atoms with Crippen LogP contribution < -0.4 is 11.5 Å². The molecule has 4 N–H and O–H groups in total. The highest BCUT2D eigenvalue weighted by molar-refractivity contribution is 7.99. The summed E-state index contributed by atoms with van der Waals surface area (Å²) in [5.74, 6) is 0.934. The third kappa shape index (κ3) is 4.50. The zero-order valence-corrected chi connectivity index (χ0v) is 8.93. The number of hydrogen-bond acceptors (Lipinski definition) is 4. The van der Waals surface area contributed by atoms with Gasteiger partial charge in [-0.3, -0.25) is 0 Å². The summed E-state index contributed by atoms with van der Waals surface area (Å²) >= 11 is 1.74. The van der Waals surface area contributed by atoms with Gasteiger partial charge in [-0.2, -0.15) is 0 Å². The van der Waals surface area contributed by atoms with Gasteiger partial charge >= 0.3 is 0 Å². The second-order valence-corrected chi connectivity index (χ2v) is 3.99. The molecule has 3 nitrogen and oxygen atoms in total. The first kappa shape index (κ1) is 11.4. The second-order valence-electron chi connectivity index (χ2n) is 2.82. The van der Waals surface area contributed by atoms with Crippen LogP contribution in [0, 0.1) is 0 Å². The van der Waals surface area contributed by atoms with E-state index < -0.39 is 0 Å². The van der Waals surface area contributed by atoms with Crippen LogP contribution in [0.15, 0.2) is 29.2 Å². The van der Waals surface area contributed by atoms with Crippen LogP contribution in [0.3, 0.4) is 0 Å². The lowest BCUT2D eigenvalue weighted by Gasteiger charge is -2.03. The van der Waals surface area contributed by atoms with E-state index in [-0.39, 0.29) is 0 Å². The van der Waals surface area contributed by atoms with Crippen LogP contribution in [-0.4, -0.2) is 25.5 Å². The van der Waals surface area contributed by atoms with Crippen molar-refractivity contribution in [1.29, 1.82) is 0 Å². The first-order valence-electron chi connectivity index (χ1n) is 4.59. The van der Waals surface area contributed by atoms with E-state index in [1.807, 2.05) is 24.3 Å². The van der Waals surface area contributed by atoms with Gasteiger partial charge in [0, 0.05) is 22.9 Å². The van der Waals surface area contributed by atoms with Crippen molar-refractivity contribution in [2.45, 2.75) is 4.90 Å².